The number of halogens is 4. The van der Waals surface area contributed by atoms with Gasteiger partial charge in [-0.15, -0.1) is 0 Å². The molecule has 0 aromatic heterocycles. The van der Waals surface area contributed by atoms with Crippen molar-refractivity contribution >= 4 is 21.6 Å². The zero-order valence-corrected chi connectivity index (χ0v) is 11.5. The van der Waals surface area contributed by atoms with E-state index in [1.165, 1.54) is 0 Å². The van der Waals surface area contributed by atoms with Gasteiger partial charge in [0.1, 0.15) is 0 Å². The minimum absolute atomic E-state index is 0.195. The number of anilines is 1. The van der Waals surface area contributed by atoms with E-state index in [0.717, 1.165) is 16.6 Å². The Kier molecular flexibility index (Phi) is 4.20. The van der Waals surface area contributed by atoms with Crippen molar-refractivity contribution in [1.29, 1.82) is 0 Å². The number of alkyl halides is 4. The number of para-hydroxylation sites is 1. The summed E-state index contributed by atoms with van der Waals surface area (Å²) in [5.74, 6) is -1.13. The van der Waals surface area contributed by atoms with Gasteiger partial charge in [0.05, 0.1) is 5.92 Å². The van der Waals surface area contributed by atoms with Gasteiger partial charge in [0, 0.05) is 24.1 Å². The molecule has 1 aromatic rings. The lowest BCUT2D eigenvalue weighted by Crippen LogP contribution is -2.39. The van der Waals surface area contributed by atoms with Crippen molar-refractivity contribution in [3.63, 3.8) is 0 Å². The van der Waals surface area contributed by atoms with Crippen molar-refractivity contribution in [2.75, 3.05) is 18.0 Å². The first-order valence-corrected chi connectivity index (χ1v) is 7.10. The number of hydrogen-bond acceptors (Lipinski definition) is 1. The van der Waals surface area contributed by atoms with E-state index in [4.69, 9.17) is 0 Å². The monoisotopic (exact) mass is 321 g/mol. The lowest BCUT2D eigenvalue weighted by atomic mass is 9.95. The van der Waals surface area contributed by atoms with Crippen molar-refractivity contribution in [3.05, 3.63) is 29.8 Å². The summed E-state index contributed by atoms with van der Waals surface area (Å²) in [7, 11) is 0. The standard InChI is InChI=1S/C13H15BrF3N/c14-9-10-3-1-2-4-12(10)18-7-5-11(6-8-18)13(15,16)17/h1-4,11H,5-9H2. The van der Waals surface area contributed by atoms with Gasteiger partial charge in [-0.05, 0) is 24.5 Å². The summed E-state index contributed by atoms with van der Waals surface area (Å²) in [4.78, 5) is 2.05. The van der Waals surface area contributed by atoms with Crippen LogP contribution in [0.25, 0.3) is 0 Å². The molecule has 1 heterocycles. The Labute approximate surface area is 113 Å². The summed E-state index contributed by atoms with van der Waals surface area (Å²) >= 11 is 3.41. The van der Waals surface area contributed by atoms with Crippen LogP contribution in [0.15, 0.2) is 24.3 Å². The Balaban J connectivity index is 2.06. The minimum Gasteiger partial charge on any atom is -0.371 e. The molecule has 100 valence electrons. The average Bonchev–Trinajstić information content (AvgIpc) is 2.38. The maximum Gasteiger partial charge on any atom is 0.391 e. The second kappa shape index (κ2) is 5.51. The van der Waals surface area contributed by atoms with Crippen LogP contribution in [0.5, 0.6) is 0 Å². The molecule has 0 atom stereocenters. The lowest BCUT2D eigenvalue weighted by molar-refractivity contribution is -0.179. The van der Waals surface area contributed by atoms with Crippen LogP contribution in [0.3, 0.4) is 0 Å². The van der Waals surface area contributed by atoms with Gasteiger partial charge in [-0.3, -0.25) is 0 Å². The molecular weight excluding hydrogens is 307 g/mol. The molecule has 0 amide bonds. The van der Waals surface area contributed by atoms with Crippen molar-refractivity contribution in [3.8, 4) is 0 Å². The molecule has 1 aliphatic rings. The Hall–Kier alpha value is -0.710. The quantitative estimate of drug-likeness (QED) is 0.731. The van der Waals surface area contributed by atoms with E-state index in [2.05, 4.69) is 20.8 Å². The fourth-order valence-electron chi connectivity index (χ4n) is 2.38. The third-order valence-corrected chi connectivity index (χ3v) is 4.04. The van der Waals surface area contributed by atoms with Gasteiger partial charge in [-0.2, -0.15) is 13.2 Å². The molecule has 0 radical (unpaired) electrons. The maximum absolute atomic E-state index is 12.6. The second-order valence-electron chi connectivity index (χ2n) is 4.57. The Morgan fingerprint density at radius 2 is 1.78 bits per heavy atom. The molecule has 1 saturated heterocycles. The summed E-state index contributed by atoms with van der Waals surface area (Å²) in [6.07, 6.45) is -3.65. The molecule has 5 heteroatoms. The van der Waals surface area contributed by atoms with Crippen LogP contribution in [0.2, 0.25) is 0 Å². The van der Waals surface area contributed by atoms with Gasteiger partial charge >= 0.3 is 6.18 Å². The summed E-state index contributed by atoms with van der Waals surface area (Å²) in [6, 6.07) is 7.85. The normalized spacial score (nSPS) is 18.1. The molecule has 1 aliphatic heterocycles. The van der Waals surface area contributed by atoms with Crippen LogP contribution in [-0.2, 0) is 5.33 Å². The summed E-state index contributed by atoms with van der Waals surface area (Å²) in [5.41, 5.74) is 2.18. The number of hydrogen-bond donors (Lipinski definition) is 0. The van der Waals surface area contributed by atoms with Gasteiger partial charge in [-0.1, -0.05) is 34.1 Å². The summed E-state index contributed by atoms with van der Waals surface area (Å²) < 4.78 is 37.8. The van der Waals surface area contributed by atoms with Gasteiger partial charge < -0.3 is 4.90 Å². The fraction of sp³-hybridized carbons (Fsp3) is 0.538. The maximum atomic E-state index is 12.6. The largest absolute Gasteiger partial charge is 0.391 e. The average molecular weight is 322 g/mol. The SMILES string of the molecule is FC(F)(F)C1CCN(c2ccccc2CBr)CC1. The zero-order chi connectivity index (χ0) is 13.2. The molecule has 1 nitrogen and oxygen atoms in total. The van der Waals surface area contributed by atoms with Crippen LogP contribution in [0, 0.1) is 5.92 Å². The zero-order valence-electron chi connectivity index (χ0n) is 9.88. The molecule has 1 fully saturated rings. The topological polar surface area (TPSA) is 3.24 Å². The highest BCUT2D eigenvalue weighted by Gasteiger charge is 2.41. The number of piperidine rings is 1. The molecule has 0 aliphatic carbocycles. The third kappa shape index (κ3) is 2.99. The first-order valence-electron chi connectivity index (χ1n) is 5.98. The van der Waals surface area contributed by atoms with Gasteiger partial charge in [0.15, 0.2) is 0 Å². The smallest absolute Gasteiger partial charge is 0.371 e. The number of rotatable bonds is 2. The molecule has 18 heavy (non-hydrogen) atoms. The lowest BCUT2D eigenvalue weighted by Gasteiger charge is -2.35. The third-order valence-electron chi connectivity index (χ3n) is 3.43. The Bertz CT molecular complexity index is 397. The minimum atomic E-state index is -4.04. The summed E-state index contributed by atoms with van der Waals surface area (Å²) in [5, 5.41) is 0.725. The molecule has 0 bridgehead atoms. The van der Waals surface area contributed by atoms with Gasteiger partial charge in [-0.25, -0.2) is 0 Å². The molecule has 0 saturated carbocycles. The van der Waals surface area contributed by atoms with E-state index in [-0.39, 0.29) is 12.8 Å². The van der Waals surface area contributed by atoms with Crippen molar-refractivity contribution in [2.24, 2.45) is 5.92 Å². The van der Waals surface area contributed by atoms with Crippen molar-refractivity contribution < 1.29 is 13.2 Å². The molecule has 2 rings (SSSR count). The van der Waals surface area contributed by atoms with Gasteiger partial charge in [0.2, 0.25) is 0 Å². The van der Waals surface area contributed by atoms with E-state index in [0.29, 0.717) is 13.1 Å². The molecule has 1 aromatic carbocycles. The number of benzene rings is 1. The van der Waals surface area contributed by atoms with Crippen molar-refractivity contribution in [1.82, 2.24) is 0 Å². The first kappa shape index (κ1) is 13.7. The summed E-state index contributed by atoms with van der Waals surface area (Å²) in [6.45, 7) is 0.961. The van der Waals surface area contributed by atoms with E-state index < -0.39 is 12.1 Å². The van der Waals surface area contributed by atoms with Crippen LogP contribution in [0.4, 0.5) is 18.9 Å². The highest BCUT2D eigenvalue weighted by molar-refractivity contribution is 9.08. The molecule has 0 spiro atoms. The fourth-order valence-corrected chi connectivity index (χ4v) is 2.85. The predicted molar refractivity (Wildman–Crippen MR) is 70.1 cm³/mol. The highest BCUT2D eigenvalue weighted by atomic mass is 79.9. The number of nitrogens with zero attached hydrogens (tertiary/aromatic N) is 1. The van der Waals surface area contributed by atoms with Crippen LogP contribution < -0.4 is 4.90 Å². The van der Waals surface area contributed by atoms with Crippen molar-refractivity contribution in [2.45, 2.75) is 24.3 Å². The molecule has 0 N–H and O–H groups in total. The predicted octanol–water partition coefficient (Wildman–Crippen LogP) is 4.36. The van der Waals surface area contributed by atoms with E-state index >= 15 is 0 Å². The Morgan fingerprint density at radius 1 is 1.17 bits per heavy atom. The van der Waals surface area contributed by atoms with Crippen LogP contribution in [0.1, 0.15) is 18.4 Å². The highest BCUT2D eigenvalue weighted by Crippen LogP contribution is 2.36. The van der Waals surface area contributed by atoms with Crippen LogP contribution in [-0.4, -0.2) is 19.3 Å². The van der Waals surface area contributed by atoms with E-state index in [1.807, 2.05) is 24.3 Å². The Morgan fingerprint density at radius 3 is 2.33 bits per heavy atom. The van der Waals surface area contributed by atoms with E-state index in [1.54, 1.807) is 0 Å². The first-order chi connectivity index (χ1) is 8.52. The van der Waals surface area contributed by atoms with E-state index in [9.17, 15) is 13.2 Å². The van der Waals surface area contributed by atoms with Crippen LogP contribution >= 0.6 is 15.9 Å². The molecule has 0 unspecified atom stereocenters. The molecular formula is C13H15BrF3N. The second-order valence-corrected chi connectivity index (χ2v) is 5.13. The van der Waals surface area contributed by atoms with Gasteiger partial charge in [0.25, 0.3) is 0 Å².